The van der Waals surface area contributed by atoms with Gasteiger partial charge in [0.15, 0.2) is 0 Å². The lowest BCUT2D eigenvalue weighted by molar-refractivity contribution is 0.215. The van der Waals surface area contributed by atoms with Crippen LogP contribution in [0.25, 0.3) is 0 Å². The van der Waals surface area contributed by atoms with Crippen molar-refractivity contribution in [1.29, 1.82) is 0 Å². The number of nitrogens with zero attached hydrogens (tertiary/aromatic N) is 2. The van der Waals surface area contributed by atoms with E-state index in [0.717, 1.165) is 12.6 Å². The molecule has 0 spiro atoms. The zero-order valence-electron chi connectivity index (χ0n) is 9.77. The van der Waals surface area contributed by atoms with E-state index >= 15 is 0 Å². The largest absolute Gasteiger partial charge is 0.472 e. The molecular weight excluding hydrogens is 200 g/mol. The van der Waals surface area contributed by atoms with E-state index < -0.39 is 0 Å². The van der Waals surface area contributed by atoms with Gasteiger partial charge in [0.05, 0.1) is 12.5 Å². The molecule has 1 atom stereocenters. The van der Waals surface area contributed by atoms with Crippen LogP contribution in [0.5, 0.6) is 0 Å². The molecule has 0 amide bonds. The van der Waals surface area contributed by atoms with Gasteiger partial charge in [-0.1, -0.05) is 0 Å². The molecule has 3 rings (SSSR count). The van der Waals surface area contributed by atoms with E-state index in [-0.39, 0.29) is 0 Å². The van der Waals surface area contributed by atoms with Gasteiger partial charge in [-0.05, 0) is 45.0 Å². The molecule has 3 nitrogen and oxygen atoms in total. The van der Waals surface area contributed by atoms with Crippen molar-refractivity contribution >= 4 is 0 Å². The lowest BCUT2D eigenvalue weighted by atomic mass is 10.2. The molecule has 2 aliphatic rings. The molecule has 2 fully saturated rings. The van der Waals surface area contributed by atoms with Crippen LogP contribution in [0.3, 0.4) is 0 Å². The Bertz CT molecular complexity index is 323. The lowest BCUT2D eigenvalue weighted by Gasteiger charge is -2.25. The molecule has 0 bridgehead atoms. The van der Waals surface area contributed by atoms with Gasteiger partial charge in [0.25, 0.3) is 0 Å². The van der Waals surface area contributed by atoms with Crippen molar-refractivity contribution in [2.24, 2.45) is 0 Å². The molecule has 1 aromatic heterocycles. The predicted molar refractivity (Wildman–Crippen MR) is 63.2 cm³/mol. The van der Waals surface area contributed by atoms with Crippen molar-refractivity contribution < 1.29 is 4.42 Å². The molecule has 2 saturated heterocycles. The minimum Gasteiger partial charge on any atom is -0.472 e. The van der Waals surface area contributed by atoms with E-state index in [4.69, 9.17) is 4.42 Å². The van der Waals surface area contributed by atoms with E-state index in [1.807, 2.05) is 6.26 Å². The molecule has 3 heteroatoms. The maximum atomic E-state index is 5.14. The number of rotatable bonds is 2. The topological polar surface area (TPSA) is 19.6 Å². The molecule has 1 unspecified atom stereocenters. The third kappa shape index (κ3) is 2.15. The molecule has 0 radical (unpaired) electrons. The van der Waals surface area contributed by atoms with Crippen LogP contribution < -0.4 is 0 Å². The van der Waals surface area contributed by atoms with Gasteiger partial charge in [-0.2, -0.15) is 0 Å². The number of hydrogen-bond acceptors (Lipinski definition) is 3. The Kier molecular flexibility index (Phi) is 2.98. The summed E-state index contributed by atoms with van der Waals surface area (Å²) in [5.74, 6) is 0. The summed E-state index contributed by atoms with van der Waals surface area (Å²) in [4.78, 5) is 5.26. The Morgan fingerprint density at radius 3 is 3.06 bits per heavy atom. The van der Waals surface area contributed by atoms with E-state index in [1.54, 1.807) is 6.26 Å². The Morgan fingerprint density at radius 2 is 2.19 bits per heavy atom. The first kappa shape index (κ1) is 10.4. The van der Waals surface area contributed by atoms with Crippen LogP contribution in [0, 0.1) is 0 Å². The van der Waals surface area contributed by atoms with E-state index in [0.29, 0.717) is 0 Å². The van der Waals surface area contributed by atoms with Crippen LogP contribution in [0.2, 0.25) is 0 Å². The highest BCUT2D eigenvalue weighted by Crippen LogP contribution is 2.22. The van der Waals surface area contributed by atoms with Crippen LogP contribution in [0.4, 0.5) is 0 Å². The average Bonchev–Trinajstić information content (AvgIpc) is 2.88. The molecule has 3 heterocycles. The van der Waals surface area contributed by atoms with Crippen LogP contribution in [0.15, 0.2) is 23.0 Å². The molecule has 88 valence electrons. The number of fused-ring (bicyclic) bond motifs is 1. The summed E-state index contributed by atoms with van der Waals surface area (Å²) in [6.07, 6.45) is 7.74. The smallest absolute Gasteiger partial charge is 0.0947 e. The molecule has 2 aliphatic heterocycles. The van der Waals surface area contributed by atoms with E-state index in [2.05, 4.69) is 15.9 Å². The van der Waals surface area contributed by atoms with Crippen molar-refractivity contribution in [3.05, 3.63) is 24.2 Å². The second kappa shape index (κ2) is 4.60. The molecule has 1 aromatic rings. The van der Waals surface area contributed by atoms with Gasteiger partial charge in [-0.25, -0.2) is 0 Å². The van der Waals surface area contributed by atoms with E-state index in [9.17, 15) is 0 Å². The van der Waals surface area contributed by atoms with Crippen LogP contribution >= 0.6 is 0 Å². The van der Waals surface area contributed by atoms with Crippen molar-refractivity contribution in [3.8, 4) is 0 Å². The minimum atomic E-state index is 0.814. The first-order chi connectivity index (χ1) is 7.92. The van der Waals surface area contributed by atoms with Crippen molar-refractivity contribution in [3.63, 3.8) is 0 Å². The summed E-state index contributed by atoms with van der Waals surface area (Å²) in [6.45, 7) is 6.15. The molecular formula is C13H20N2O. The molecule has 0 N–H and O–H groups in total. The molecule has 0 aromatic carbocycles. The fraction of sp³-hybridized carbons (Fsp3) is 0.692. The second-order valence-corrected chi connectivity index (χ2v) is 5.05. The van der Waals surface area contributed by atoms with Gasteiger partial charge in [0, 0.05) is 24.7 Å². The summed E-state index contributed by atoms with van der Waals surface area (Å²) in [7, 11) is 0. The first-order valence-electron chi connectivity index (χ1n) is 6.39. The zero-order chi connectivity index (χ0) is 10.8. The highest BCUT2D eigenvalue weighted by molar-refractivity contribution is 5.05. The van der Waals surface area contributed by atoms with Crippen molar-refractivity contribution in [2.45, 2.75) is 31.8 Å². The third-order valence-corrected chi connectivity index (χ3v) is 3.87. The van der Waals surface area contributed by atoms with Gasteiger partial charge in [0.1, 0.15) is 0 Å². The normalized spacial score (nSPS) is 27.9. The van der Waals surface area contributed by atoms with Gasteiger partial charge in [-0.3, -0.25) is 9.80 Å². The standard InChI is InChI=1S/C13H20N2O/c1-3-13-10-14(5-2-7-15(13)6-1)9-12-4-8-16-11-12/h4,8,11,13H,1-3,5-7,9-10H2. The summed E-state index contributed by atoms with van der Waals surface area (Å²) in [5, 5.41) is 0. The predicted octanol–water partition coefficient (Wildman–Crippen LogP) is 1.95. The molecule has 0 saturated carbocycles. The molecule has 16 heavy (non-hydrogen) atoms. The van der Waals surface area contributed by atoms with Crippen molar-refractivity contribution in [2.75, 3.05) is 26.2 Å². The SMILES string of the molecule is c1cc(CN2CCCN3CCCC3C2)co1. The highest BCUT2D eigenvalue weighted by atomic mass is 16.3. The van der Waals surface area contributed by atoms with Gasteiger partial charge < -0.3 is 4.42 Å². The zero-order valence-corrected chi connectivity index (χ0v) is 9.77. The quantitative estimate of drug-likeness (QED) is 0.759. The minimum absolute atomic E-state index is 0.814. The highest BCUT2D eigenvalue weighted by Gasteiger charge is 2.28. The Hall–Kier alpha value is -0.800. The van der Waals surface area contributed by atoms with E-state index in [1.165, 1.54) is 51.0 Å². The summed E-state index contributed by atoms with van der Waals surface area (Å²) in [5.41, 5.74) is 1.31. The Labute approximate surface area is 97.0 Å². The van der Waals surface area contributed by atoms with Gasteiger partial charge >= 0.3 is 0 Å². The first-order valence-corrected chi connectivity index (χ1v) is 6.39. The fourth-order valence-corrected chi connectivity index (χ4v) is 3.07. The number of furan rings is 1. The Balaban J connectivity index is 1.63. The average molecular weight is 220 g/mol. The monoisotopic (exact) mass is 220 g/mol. The van der Waals surface area contributed by atoms with Crippen LogP contribution in [0.1, 0.15) is 24.8 Å². The van der Waals surface area contributed by atoms with Gasteiger partial charge in [0.2, 0.25) is 0 Å². The van der Waals surface area contributed by atoms with Crippen LogP contribution in [-0.4, -0.2) is 42.0 Å². The maximum absolute atomic E-state index is 5.14. The molecule has 0 aliphatic carbocycles. The lowest BCUT2D eigenvalue weighted by Crippen LogP contribution is -2.36. The fourth-order valence-electron chi connectivity index (χ4n) is 3.07. The maximum Gasteiger partial charge on any atom is 0.0947 e. The van der Waals surface area contributed by atoms with Crippen molar-refractivity contribution in [1.82, 2.24) is 9.80 Å². The van der Waals surface area contributed by atoms with Gasteiger partial charge in [-0.15, -0.1) is 0 Å². The summed E-state index contributed by atoms with van der Waals surface area (Å²) >= 11 is 0. The number of hydrogen-bond donors (Lipinski definition) is 0. The Morgan fingerprint density at radius 1 is 1.25 bits per heavy atom. The second-order valence-electron chi connectivity index (χ2n) is 5.05. The summed E-state index contributed by atoms with van der Waals surface area (Å²) < 4.78 is 5.14. The van der Waals surface area contributed by atoms with Crippen LogP contribution in [-0.2, 0) is 6.54 Å². The third-order valence-electron chi connectivity index (χ3n) is 3.87. The summed E-state index contributed by atoms with van der Waals surface area (Å²) in [6, 6.07) is 2.89.